The molecular formula is C17H19N5O2. The molecule has 4 rings (SSSR count). The minimum atomic E-state index is -0.135. The molecule has 2 atom stereocenters. The SMILES string of the molecule is OC[C@@H]1CC[C@H](n2cnc3c(NCc4ccccc4)ncnc32)O1. The lowest BCUT2D eigenvalue weighted by Gasteiger charge is -2.14. The monoisotopic (exact) mass is 325 g/mol. The largest absolute Gasteiger partial charge is 0.394 e. The van der Waals surface area contributed by atoms with Crippen molar-refractivity contribution in [1.29, 1.82) is 0 Å². The average molecular weight is 325 g/mol. The van der Waals surface area contributed by atoms with Gasteiger partial charge < -0.3 is 15.2 Å². The van der Waals surface area contributed by atoms with E-state index in [1.807, 2.05) is 22.8 Å². The summed E-state index contributed by atoms with van der Waals surface area (Å²) >= 11 is 0. The van der Waals surface area contributed by atoms with Crippen LogP contribution < -0.4 is 5.32 Å². The lowest BCUT2D eigenvalue weighted by molar-refractivity contribution is -0.0207. The predicted octanol–water partition coefficient (Wildman–Crippen LogP) is 2.11. The van der Waals surface area contributed by atoms with Gasteiger partial charge in [0.05, 0.1) is 19.0 Å². The minimum Gasteiger partial charge on any atom is -0.394 e. The first kappa shape index (κ1) is 15.0. The summed E-state index contributed by atoms with van der Waals surface area (Å²) < 4.78 is 7.74. The minimum absolute atomic E-state index is 0.0436. The molecule has 7 heteroatoms. The Morgan fingerprint density at radius 3 is 2.83 bits per heavy atom. The molecular weight excluding hydrogens is 306 g/mol. The first-order chi connectivity index (χ1) is 11.8. The maximum absolute atomic E-state index is 9.23. The number of hydrogen-bond donors (Lipinski definition) is 2. The number of anilines is 1. The molecule has 1 fully saturated rings. The third-order valence-corrected chi connectivity index (χ3v) is 4.26. The van der Waals surface area contributed by atoms with Gasteiger partial charge in [0, 0.05) is 6.54 Å². The summed E-state index contributed by atoms with van der Waals surface area (Å²) in [5, 5.41) is 12.6. The summed E-state index contributed by atoms with van der Waals surface area (Å²) in [6.07, 6.45) is 4.71. The van der Waals surface area contributed by atoms with Gasteiger partial charge in [-0.15, -0.1) is 0 Å². The van der Waals surface area contributed by atoms with Gasteiger partial charge in [-0.05, 0) is 18.4 Å². The van der Waals surface area contributed by atoms with Crippen LogP contribution in [0.1, 0.15) is 24.6 Å². The smallest absolute Gasteiger partial charge is 0.167 e. The Morgan fingerprint density at radius 2 is 2.04 bits per heavy atom. The lowest BCUT2D eigenvalue weighted by Crippen LogP contribution is -2.14. The van der Waals surface area contributed by atoms with Crippen molar-refractivity contribution in [1.82, 2.24) is 19.5 Å². The summed E-state index contributed by atoms with van der Waals surface area (Å²) in [7, 11) is 0. The van der Waals surface area contributed by atoms with Crippen LogP contribution in [-0.4, -0.2) is 37.3 Å². The van der Waals surface area contributed by atoms with Crippen molar-refractivity contribution in [2.24, 2.45) is 0 Å². The van der Waals surface area contributed by atoms with Crippen molar-refractivity contribution in [2.75, 3.05) is 11.9 Å². The number of aromatic nitrogens is 4. The van der Waals surface area contributed by atoms with Crippen LogP contribution in [-0.2, 0) is 11.3 Å². The van der Waals surface area contributed by atoms with E-state index in [2.05, 4.69) is 32.4 Å². The van der Waals surface area contributed by atoms with E-state index in [1.54, 1.807) is 6.33 Å². The summed E-state index contributed by atoms with van der Waals surface area (Å²) in [6.45, 7) is 0.717. The molecule has 2 N–H and O–H groups in total. The zero-order valence-electron chi connectivity index (χ0n) is 13.2. The molecule has 0 spiro atoms. The van der Waals surface area contributed by atoms with Gasteiger partial charge in [-0.2, -0.15) is 0 Å². The zero-order valence-corrected chi connectivity index (χ0v) is 13.2. The first-order valence-electron chi connectivity index (χ1n) is 8.07. The van der Waals surface area contributed by atoms with E-state index in [-0.39, 0.29) is 18.9 Å². The molecule has 3 aromatic rings. The van der Waals surface area contributed by atoms with Gasteiger partial charge in [-0.25, -0.2) is 15.0 Å². The predicted molar refractivity (Wildman–Crippen MR) is 89.3 cm³/mol. The fraction of sp³-hybridized carbons (Fsp3) is 0.353. The maximum Gasteiger partial charge on any atom is 0.167 e. The molecule has 0 unspecified atom stereocenters. The third kappa shape index (κ3) is 2.83. The van der Waals surface area contributed by atoms with Gasteiger partial charge in [0.2, 0.25) is 0 Å². The normalized spacial score (nSPS) is 20.5. The Kier molecular flexibility index (Phi) is 4.10. The second-order valence-electron chi connectivity index (χ2n) is 5.86. The Labute approximate surface area is 139 Å². The summed E-state index contributed by atoms with van der Waals surface area (Å²) in [4.78, 5) is 13.1. The van der Waals surface area contributed by atoms with Crippen molar-refractivity contribution in [2.45, 2.75) is 31.7 Å². The molecule has 124 valence electrons. The van der Waals surface area contributed by atoms with Gasteiger partial charge in [0.25, 0.3) is 0 Å². The second-order valence-corrected chi connectivity index (χ2v) is 5.86. The average Bonchev–Trinajstić information content (AvgIpc) is 3.27. The van der Waals surface area contributed by atoms with E-state index in [0.29, 0.717) is 12.4 Å². The number of nitrogens with zero attached hydrogens (tertiary/aromatic N) is 4. The molecule has 2 aromatic heterocycles. The van der Waals surface area contributed by atoms with Gasteiger partial charge in [0.1, 0.15) is 12.6 Å². The zero-order chi connectivity index (χ0) is 16.4. The molecule has 3 heterocycles. The number of imidazole rings is 1. The van der Waals surface area contributed by atoms with Gasteiger partial charge in [0.15, 0.2) is 17.0 Å². The number of rotatable bonds is 5. The van der Waals surface area contributed by atoms with Gasteiger partial charge >= 0.3 is 0 Å². The Balaban J connectivity index is 1.57. The molecule has 0 amide bonds. The van der Waals surface area contributed by atoms with E-state index < -0.39 is 0 Å². The fourth-order valence-electron chi connectivity index (χ4n) is 3.00. The molecule has 0 radical (unpaired) electrons. The summed E-state index contributed by atoms with van der Waals surface area (Å²) in [5.41, 5.74) is 2.64. The van der Waals surface area contributed by atoms with E-state index >= 15 is 0 Å². The quantitative estimate of drug-likeness (QED) is 0.747. The standard InChI is InChI=1S/C17H19N5O2/c23-9-13-6-7-14(24-13)22-11-21-15-16(19-10-20-17(15)22)18-8-12-4-2-1-3-5-12/h1-5,10-11,13-14,23H,6-9H2,(H,18,19,20)/t13-,14+/m0/s1. The molecule has 1 aromatic carbocycles. The van der Waals surface area contributed by atoms with Crippen LogP contribution in [0.2, 0.25) is 0 Å². The van der Waals surface area contributed by atoms with Gasteiger partial charge in [-0.3, -0.25) is 4.57 Å². The Morgan fingerprint density at radius 1 is 1.17 bits per heavy atom. The van der Waals surface area contributed by atoms with Crippen LogP contribution in [0, 0.1) is 0 Å². The maximum atomic E-state index is 9.23. The molecule has 24 heavy (non-hydrogen) atoms. The molecule has 0 aliphatic carbocycles. The second kappa shape index (κ2) is 6.54. The Hall–Kier alpha value is -2.51. The molecule has 1 saturated heterocycles. The van der Waals surface area contributed by atoms with Crippen molar-refractivity contribution in [3.8, 4) is 0 Å². The number of ether oxygens (including phenoxy) is 1. The van der Waals surface area contributed by atoms with Crippen molar-refractivity contribution in [3.63, 3.8) is 0 Å². The number of aliphatic hydroxyl groups is 1. The van der Waals surface area contributed by atoms with E-state index in [9.17, 15) is 5.11 Å². The highest BCUT2D eigenvalue weighted by molar-refractivity contribution is 5.82. The number of aliphatic hydroxyl groups excluding tert-OH is 1. The van der Waals surface area contributed by atoms with Crippen LogP contribution in [0.25, 0.3) is 11.2 Å². The van der Waals surface area contributed by atoms with E-state index in [4.69, 9.17) is 4.74 Å². The highest BCUT2D eigenvalue weighted by atomic mass is 16.5. The summed E-state index contributed by atoms with van der Waals surface area (Å²) in [6, 6.07) is 10.1. The molecule has 7 nitrogen and oxygen atoms in total. The lowest BCUT2D eigenvalue weighted by atomic mass is 10.2. The third-order valence-electron chi connectivity index (χ3n) is 4.26. The molecule has 0 bridgehead atoms. The molecule has 1 aliphatic heterocycles. The number of benzene rings is 1. The van der Waals surface area contributed by atoms with Crippen LogP contribution in [0.3, 0.4) is 0 Å². The van der Waals surface area contributed by atoms with Gasteiger partial charge in [-0.1, -0.05) is 30.3 Å². The Bertz CT molecular complexity index is 820. The topological polar surface area (TPSA) is 85.1 Å². The number of nitrogens with one attached hydrogen (secondary N) is 1. The number of hydrogen-bond acceptors (Lipinski definition) is 6. The molecule has 0 saturated carbocycles. The van der Waals surface area contributed by atoms with Crippen LogP contribution in [0.5, 0.6) is 0 Å². The highest BCUT2D eigenvalue weighted by Crippen LogP contribution is 2.31. The van der Waals surface area contributed by atoms with Crippen LogP contribution >= 0.6 is 0 Å². The van der Waals surface area contributed by atoms with E-state index in [1.165, 1.54) is 11.9 Å². The van der Waals surface area contributed by atoms with Crippen LogP contribution in [0.15, 0.2) is 43.0 Å². The first-order valence-corrected chi connectivity index (χ1v) is 8.07. The van der Waals surface area contributed by atoms with Crippen molar-refractivity contribution in [3.05, 3.63) is 48.5 Å². The number of fused-ring (bicyclic) bond motifs is 1. The fourth-order valence-corrected chi connectivity index (χ4v) is 3.00. The van der Waals surface area contributed by atoms with E-state index in [0.717, 1.165) is 24.0 Å². The van der Waals surface area contributed by atoms with Crippen LogP contribution in [0.4, 0.5) is 5.82 Å². The van der Waals surface area contributed by atoms with Crippen molar-refractivity contribution >= 4 is 17.0 Å². The van der Waals surface area contributed by atoms with Crippen molar-refractivity contribution < 1.29 is 9.84 Å². The summed E-state index contributed by atoms with van der Waals surface area (Å²) in [5.74, 6) is 0.708. The molecule has 1 aliphatic rings. The highest BCUT2D eigenvalue weighted by Gasteiger charge is 2.27.